The predicted octanol–water partition coefficient (Wildman–Crippen LogP) is 3.29. The molecule has 1 heterocycles. The van der Waals surface area contributed by atoms with Gasteiger partial charge in [-0.3, -0.25) is 14.3 Å². The molecule has 1 aromatic carbocycles. The van der Waals surface area contributed by atoms with Crippen molar-refractivity contribution in [1.29, 1.82) is 0 Å². The summed E-state index contributed by atoms with van der Waals surface area (Å²) in [7, 11) is 0. The summed E-state index contributed by atoms with van der Waals surface area (Å²) in [5.74, 6) is -0.0633. The molecule has 0 aliphatic heterocycles. The fraction of sp³-hybridized carbons (Fsp3) is 0.353. The molecule has 1 N–H and O–H groups in total. The lowest BCUT2D eigenvalue weighted by Crippen LogP contribution is -2.19. The number of ketones is 1. The summed E-state index contributed by atoms with van der Waals surface area (Å²) >= 11 is 0. The Bertz CT molecular complexity index is 686. The Labute approximate surface area is 130 Å². The molecule has 0 saturated heterocycles. The van der Waals surface area contributed by atoms with Gasteiger partial charge in [-0.2, -0.15) is 5.10 Å². The van der Waals surface area contributed by atoms with Crippen LogP contribution in [0.25, 0.3) is 0 Å². The number of Topliss-reactive ketones (excluding diaryl/α,β-unsaturated/α-hetero) is 1. The topological polar surface area (TPSA) is 64.0 Å². The SMILES string of the molecule is CC(=O)c1ccc(NC(=O)CC(C)n2nc(C)cc2C)cc1. The maximum Gasteiger partial charge on any atom is 0.226 e. The fourth-order valence-electron chi connectivity index (χ4n) is 2.45. The first-order valence-corrected chi connectivity index (χ1v) is 7.30. The molecule has 0 aliphatic carbocycles. The molecule has 0 fully saturated rings. The Balaban J connectivity index is 1.97. The van der Waals surface area contributed by atoms with Crippen molar-refractivity contribution in [3.63, 3.8) is 0 Å². The lowest BCUT2D eigenvalue weighted by Gasteiger charge is -2.14. The lowest BCUT2D eigenvalue weighted by molar-refractivity contribution is -0.116. The van der Waals surface area contributed by atoms with Gasteiger partial charge in [-0.15, -0.1) is 0 Å². The fourth-order valence-corrected chi connectivity index (χ4v) is 2.45. The van der Waals surface area contributed by atoms with Crippen molar-refractivity contribution in [3.8, 4) is 0 Å². The molecule has 0 spiro atoms. The second-order valence-electron chi connectivity index (χ2n) is 5.61. The molecule has 0 radical (unpaired) electrons. The van der Waals surface area contributed by atoms with Crippen LogP contribution in [0.2, 0.25) is 0 Å². The molecular formula is C17H21N3O2. The van der Waals surface area contributed by atoms with Crippen molar-refractivity contribution in [2.75, 3.05) is 5.32 Å². The molecule has 0 saturated carbocycles. The Morgan fingerprint density at radius 2 is 1.86 bits per heavy atom. The summed E-state index contributed by atoms with van der Waals surface area (Å²) in [6.07, 6.45) is 0.344. The summed E-state index contributed by atoms with van der Waals surface area (Å²) in [5.41, 5.74) is 3.32. The van der Waals surface area contributed by atoms with Crippen LogP contribution in [0, 0.1) is 13.8 Å². The average Bonchev–Trinajstić information content (AvgIpc) is 2.78. The van der Waals surface area contributed by atoms with Crippen LogP contribution >= 0.6 is 0 Å². The zero-order valence-corrected chi connectivity index (χ0v) is 13.4. The monoisotopic (exact) mass is 299 g/mol. The van der Waals surface area contributed by atoms with Gasteiger partial charge >= 0.3 is 0 Å². The van der Waals surface area contributed by atoms with Crippen molar-refractivity contribution < 1.29 is 9.59 Å². The van der Waals surface area contributed by atoms with Crippen LogP contribution in [0.4, 0.5) is 5.69 Å². The van der Waals surface area contributed by atoms with Gasteiger partial charge in [-0.05, 0) is 58.0 Å². The normalized spacial score (nSPS) is 12.0. The lowest BCUT2D eigenvalue weighted by atomic mass is 10.1. The number of nitrogens with zero attached hydrogens (tertiary/aromatic N) is 2. The number of hydrogen-bond donors (Lipinski definition) is 1. The molecule has 2 aromatic rings. The Kier molecular flexibility index (Phi) is 4.75. The highest BCUT2D eigenvalue weighted by atomic mass is 16.1. The molecule has 22 heavy (non-hydrogen) atoms. The quantitative estimate of drug-likeness (QED) is 0.862. The zero-order valence-electron chi connectivity index (χ0n) is 13.4. The molecule has 0 aliphatic rings. The van der Waals surface area contributed by atoms with E-state index >= 15 is 0 Å². The van der Waals surface area contributed by atoms with E-state index in [-0.39, 0.29) is 17.7 Å². The zero-order chi connectivity index (χ0) is 16.3. The van der Waals surface area contributed by atoms with Gasteiger partial charge in [0.15, 0.2) is 5.78 Å². The van der Waals surface area contributed by atoms with Gasteiger partial charge in [0.2, 0.25) is 5.91 Å². The molecule has 5 heteroatoms. The molecule has 1 aromatic heterocycles. The molecule has 1 atom stereocenters. The van der Waals surface area contributed by atoms with E-state index in [9.17, 15) is 9.59 Å². The molecule has 1 amide bonds. The highest BCUT2D eigenvalue weighted by molar-refractivity contribution is 5.95. The predicted molar refractivity (Wildman–Crippen MR) is 86.1 cm³/mol. The van der Waals surface area contributed by atoms with E-state index < -0.39 is 0 Å². The number of hydrogen-bond acceptors (Lipinski definition) is 3. The highest BCUT2D eigenvalue weighted by Crippen LogP contribution is 2.16. The van der Waals surface area contributed by atoms with E-state index in [1.54, 1.807) is 24.3 Å². The first kappa shape index (κ1) is 15.9. The number of anilines is 1. The summed E-state index contributed by atoms with van der Waals surface area (Å²) in [4.78, 5) is 23.3. The third-order valence-electron chi connectivity index (χ3n) is 3.52. The van der Waals surface area contributed by atoms with Gasteiger partial charge < -0.3 is 5.32 Å². The molecular weight excluding hydrogens is 278 g/mol. The Hall–Kier alpha value is -2.43. The first-order chi connectivity index (χ1) is 10.4. The van der Waals surface area contributed by atoms with Gasteiger partial charge in [-0.1, -0.05) is 0 Å². The van der Waals surface area contributed by atoms with Gasteiger partial charge in [0.05, 0.1) is 11.7 Å². The van der Waals surface area contributed by atoms with Crippen LogP contribution in [-0.2, 0) is 4.79 Å². The van der Waals surface area contributed by atoms with Crippen LogP contribution in [0.3, 0.4) is 0 Å². The second kappa shape index (κ2) is 6.56. The minimum Gasteiger partial charge on any atom is -0.326 e. The molecule has 1 unspecified atom stereocenters. The van der Waals surface area contributed by atoms with Crippen molar-refractivity contribution in [2.24, 2.45) is 0 Å². The minimum atomic E-state index is -0.0735. The molecule has 0 bridgehead atoms. The van der Waals surface area contributed by atoms with E-state index in [2.05, 4.69) is 10.4 Å². The standard InChI is InChI=1S/C17H21N3O2/c1-11-9-12(2)20(19-11)13(3)10-17(22)18-16-7-5-15(6-8-16)14(4)21/h5-9,13H,10H2,1-4H3,(H,18,22). The van der Waals surface area contributed by atoms with E-state index in [1.165, 1.54) is 6.92 Å². The highest BCUT2D eigenvalue weighted by Gasteiger charge is 2.14. The van der Waals surface area contributed by atoms with Gasteiger partial charge in [0, 0.05) is 23.4 Å². The van der Waals surface area contributed by atoms with E-state index in [4.69, 9.17) is 0 Å². The van der Waals surface area contributed by atoms with Crippen molar-refractivity contribution in [3.05, 3.63) is 47.3 Å². The van der Waals surface area contributed by atoms with Gasteiger partial charge in [0.1, 0.15) is 0 Å². The van der Waals surface area contributed by atoms with Crippen LogP contribution < -0.4 is 5.32 Å². The summed E-state index contributed by atoms with van der Waals surface area (Å²) in [6.45, 7) is 7.41. The van der Waals surface area contributed by atoms with Crippen molar-refractivity contribution in [2.45, 2.75) is 40.2 Å². The number of amides is 1. The Morgan fingerprint density at radius 3 is 2.36 bits per heavy atom. The van der Waals surface area contributed by atoms with Crippen molar-refractivity contribution >= 4 is 17.4 Å². The first-order valence-electron chi connectivity index (χ1n) is 7.30. The largest absolute Gasteiger partial charge is 0.326 e. The smallest absolute Gasteiger partial charge is 0.226 e. The van der Waals surface area contributed by atoms with Crippen LogP contribution in [0.1, 0.15) is 48.1 Å². The van der Waals surface area contributed by atoms with Crippen LogP contribution in [0.15, 0.2) is 30.3 Å². The van der Waals surface area contributed by atoms with E-state index in [1.807, 2.05) is 31.5 Å². The maximum atomic E-state index is 12.1. The number of aromatic nitrogens is 2. The molecule has 5 nitrogen and oxygen atoms in total. The van der Waals surface area contributed by atoms with Crippen LogP contribution in [-0.4, -0.2) is 21.5 Å². The Morgan fingerprint density at radius 1 is 1.23 bits per heavy atom. The van der Waals surface area contributed by atoms with E-state index in [0.717, 1.165) is 11.4 Å². The minimum absolute atomic E-state index is 0.00908. The summed E-state index contributed by atoms with van der Waals surface area (Å²) in [6, 6.07) is 8.88. The molecule has 116 valence electrons. The van der Waals surface area contributed by atoms with Gasteiger partial charge in [0.25, 0.3) is 0 Å². The number of nitrogens with one attached hydrogen (secondary N) is 1. The van der Waals surface area contributed by atoms with Crippen molar-refractivity contribution in [1.82, 2.24) is 9.78 Å². The third kappa shape index (κ3) is 3.81. The van der Waals surface area contributed by atoms with Gasteiger partial charge in [-0.25, -0.2) is 0 Å². The third-order valence-corrected chi connectivity index (χ3v) is 3.52. The molecule has 2 rings (SSSR count). The number of aryl methyl sites for hydroxylation is 2. The number of carbonyl (C=O) groups is 2. The summed E-state index contributed by atoms with van der Waals surface area (Å²) in [5, 5.41) is 7.24. The summed E-state index contributed by atoms with van der Waals surface area (Å²) < 4.78 is 1.87. The van der Waals surface area contributed by atoms with E-state index in [0.29, 0.717) is 17.7 Å². The maximum absolute atomic E-state index is 12.1. The average molecular weight is 299 g/mol. The number of carbonyl (C=O) groups excluding carboxylic acids is 2. The number of benzene rings is 1. The van der Waals surface area contributed by atoms with Crippen LogP contribution in [0.5, 0.6) is 0 Å². The second-order valence-corrected chi connectivity index (χ2v) is 5.61. The number of rotatable bonds is 5.